The predicted octanol–water partition coefficient (Wildman–Crippen LogP) is 2.34. The fourth-order valence-corrected chi connectivity index (χ4v) is 1.27. The van der Waals surface area contributed by atoms with Gasteiger partial charge in [0, 0.05) is 18.3 Å². The zero-order chi connectivity index (χ0) is 13.1. The van der Waals surface area contributed by atoms with Crippen LogP contribution in [0.1, 0.15) is 18.1 Å². The average molecular weight is 243 g/mol. The van der Waals surface area contributed by atoms with Gasteiger partial charge < -0.3 is 11.1 Å². The Kier molecular flexibility index (Phi) is 3.97. The van der Waals surface area contributed by atoms with Crippen molar-refractivity contribution in [1.29, 1.82) is 5.26 Å². The molecule has 0 heterocycles. The van der Waals surface area contributed by atoms with Crippen molar-refractivity contribution in [3.63, 3.8) is 0 Å². The molecular formula is C11H12F3N3. The first-order valence-electron chi connectivity index (χ1n) is 4.95. The van der Waals surface area contributed by atoms with Crippen molar-refractivity contribution in [2.75, 3.05) is 11.9 Å². The van der Waals surface area contributed by atoms with Crippen LogP contribution in [-0.2, 0) is 6.18 Å². The highest BCUT2D eigenvalue weighted by Crippen LogP contribution is 2.33. The van der Waals surface area contributed by atoms with Crippen LogP contribution in [0.4, 0.5) is 18.9 Å². The Hall–Kier alpha value is -1.74. The molecule has 92 valence electrons. The van der Waals surface area contributed by atoms with E-state index in [2.05, 4.69) is 5.32 Å². The Bertz CT molecular complexity index is 433. The smallest absolute Gasteiger partial charge is 0.383 e. The number of alkyl halides is 3. The number of anilines is 1. The second-order valence-electron chi connectivity index (χ2n) is 3.73. The van der Waals surface area contributed by atoms with Gasteiger partial charge in [-0.15, -0.1) is 0 Å². The number of benzene rings is 1. The van der Waals surface area contributed by atoms with Gasteiger partial charge >= 0.3 is 6.18 Å². The summed E-state index contributed by atoms with van der Waals surface area (Å²) in [6, 6.07) is 4.84. The number of nitrogens with two attached hydrogens (primary N) is 1. The minimum absolute atomic E-state index is 0.167. The van der Waals surface area contributed by atoms with Gasteiger partial charge in [-0.25, -0.2) is 0 Å². The molecule has 0 aliphatic rings. The number of hydrogen-bond donors (Lipinski definition) is 2. The summed E-state index contributed by atoms with van der Waals surface area (Å²) >= 11 is 0. The third-order valence-electron chi connectivity index (χ3n) is 2.07. The zero-order valence-electron chi connectivity index (χ0n) is 9.17. The lowest BCUT2D eigenvalue weighted by Crippen LogP contribution is -2.25. The van der Waals surface area contributed by atoms with Gasteiger partial charge in [0.2, 0.25) is 0 Å². The van der Waals surface area contributed by atoms with E-state index in [1.165, 1.54) is 12.1 Å². The minimum atomic E-state index is -4.53. The van der Waals surface area contributed by atoms with Crippen molar-refractivity contribution in [3.05, 3.63) is 29.3 Å². The Labute approximate surface area is 97.0 Å². The average Bonchev–Trinajstić information content (AvgIpc) is 2.24. The molecule has 1 rings (SSSR count). The fraction of sp³-hybridized carbons (Fsp3) is 0.364. The Balaban J connectivity index is 3.02. The van der Waals surface area contributed by atoms with Gasteiger partial charge in [-0.1, -0.05) is 0 Å². The molecule has 1 aromatic carbocycles. The highest BCUT2D eigenvalue weighted by molar-refractivity contribution is 5.53. The summed E-state index contributed by atoms with van der Waals surface area (Å²) in [7, 11) is 0. The van der Waals surface area contributed by atoms with Crippen molar-refractivity contribution in [3.8, 4) is 6.07 Å². The molecule has 17 heavy (non-hydrogen) atoms. The van der Waals surface area contributed by atoms with E-state index in [0.29, 0.717) is 12.2 Å². The first kappa shape index (κ1) is 13.3. The molecule has 1 unspecified atom stereocenters. The fourth-order valence-electron chi connectivity index (χ4n) is 1.27. The maximum absolute atomic E-state index is 12.6. The highest BCUT2D eigenvalue weighted by Gasteiger charge is 2.33. The normalized spacial score (nSPS) is 12.9. The molecule has 0 fully saturated rings. The second-order valence-corrected chi connectivity index (χ2v) is 3.73. The third-order valence-corrected chi connectivity index (χ3v) is 2.07. The van der Waals surface area contributed by atoms with Crippen LogP contribution >= 0.6 is 0 Å². The summed E-state index contributed by atoms with van der Waals surface area (Å²) in [5, 5.41) is 11.4. The summed E-state index contributed by atoms with van der Waals surface area (Å²) in [5.41, 5.74) is 4.46. The van der Waals surface area contributed by atoms with Crippen molar-refractivity contribution in [2.24, 2.45) is 5.73 Å². The van der Waals surface area contributed by atoms with E-state index < -0.39 is 11.7 Å². The van der Waals surface area contributed by atoms with E-state index in [-0.39, 0.29) is 11.6 Å². The molecule has 0 aromatic heterocycles. The van der Waals surface area contributed by atoms with Crippen molar-refractivity contribution < 1.29 is 13.2 Å². The molecule has 0 amide bonds. The maximum atomic E-state index is 12.6. The van der Waals surface area contributed by atoms with E-state index in [1.807, 2.05) is 0 Å². The highest BCUT2D eigenvalue weighted by atomic mass is 19.4. The molecule has 0 bridgehead atoms. The van der Waals surface area contributed by atoms with Crippen LogP contribution in [-0.4, -0.2) is 12.6 Å². The van der Waals surface area contributed by atoms with Crippen LogP contribution in [0.3, 0.4) is 0 Å². The SMILES string of the molecule is CC(N)CNc1ccc(C#N)c(C(F)(F)F)c1. The molecule has 3 nitrogen and oxygen atoms in total. The molecule has 0 saturated carbocycles. The summed E-state index contributed by atoms with van der Waals surface area (Å²) in [5.74, 6) is 0. The van der Waals surface area contributed by atoms with Gasteiger partial charge in [-0.05, 0) is 25.1 Å². The zero-order valence-corrected chi connectivity index (χ0v) is 9.17. The summed E-state index contributed by atoms with van der Waals surface area (Å²) < 4.78 is 37.8. The van der Waals surface area contributed by atoms with Gasteiger partial charge in [-0.2, -0.15) is 18.4 Å². The maximum Gasteiger partial charge on any atom is 0.417 e. The molecule has 0 spiro atoms. The molecular weight excluding hydrogens is 231 g/mol. The predicted molar refractivity (Wildman–Crippen MR) is 58.3 cm³/mol. The van der Waals surface area contributed by atoms with E-state index in [0.717, 1.165) is 12.1 Å². The molecule has 0 saturated heterocycles. The molecule has 0 radical (unpaired) electrons. The van der Waals surface area contributed by atoms with Crippen LogP contribution in [0.5, 0.6) is 0 Å². The van der Waals surface area contributed by atoms with Crippen molar-refractivity contribution in [1.82, 2.24) is 0 Å². The van der Waals surface area contributed by atoms with Gasteiger partial charge in [0.15, 0.2) is 0 Å². The molecule has 1 aromatic rings. The standard InChI is InChI=1S/C11H12F3N3/c1-7(16)6-17-9-3-2-8(5-15)10(4-9)11(12,13)14/h2-4,7,17H,6,16H2,1H3. The van der Waals surface area contributed by atoms with Gasteiger partial charge in [0.05, 0.1) is 17.2 Å². The molecule has 6 heteroatoms. The van der Waals surface area contributed by atoms with Crippen molar-refractivity contribution >= 4 is 5.69 Å². The number of nitrogens with one attached hydrogen (secondary N) is 1. The van der Waals surface area contributed by atoms with E-state index >= 15 is 0 Å². The third kappa shape index (κ3) is 3.64. The van der Waals surface area contributed by atoms with Gasteiger partial charge in [0.1, 0.15) is 0 Å². The van der Waals surface area contributed by atoms with E-state index in [9.17, 15) is 13.2 Å². The summed E-state index contributed by atoms with van der Waals surface area (Å²) in [6.45, 7) is 2.10. The number of hydrogen-bond acceptors (Lipinski definition) is 3. The quantitative estimate of drug-likeness (QED) is 0.856. The lowest BCUT2D eigenvalue weighted by Gasteiger charge is -2.13. The van der Waals surface area contributed by atoms with E-state index in [4.69, 9.17) is 11.0 Å². The van der Waals surface area contributed by atoms with Crippen molar-refractivity contribution in [2.45, 2.75) is 19.1 Å². The van der Waals surface area contributed by atoms with Gasteiger partial charge in [0.25, 0.3) is 0 Å². The number of rotatable bonds is 3. The van der Waals surface area contributed by atoms with Crippen LogP contribution < -0.4 is 11.1 Å². The van der Waals surface area contributed by atoms with Crippen LogP contribution in [0.2, 0.25) is 0 Å². The van der Waals surface area contributed by atoms with Gasteiger partial charge in [-0.3, -0.25) is 0 Å². The molecule has 3 N–H and O–H groups in total. The lowest BCUT2D eigenvalue weighted by atomic mass is 10.1. The Morgan fingerprint density at radius 3 is 2.59 bits per heavy atom. The molecule has 0 aliphatic carbocycles. The summed E-state index contributed by atoms with van der Waals surface area (Å²) in [4.78, 5) is 0. The van der Waals surface area contributed by atoms with Crippen LogP contribution in [0.25, 0.3) is 0 Å². The first-order valence-corrected chi connectivity index (χ1v) is 4.95. The Morgan fingerprint density at radius 1 is 1.47 bits per heavy atom. The lowest BCUT2D eigenvalue weighted by molar-refractivity contribution is -0.137. The molecule has 1 atom stereocenters. The topological polar surface area (TPSA) is 61.8 Å². The number of nitrogens with zero attached hydrogens (tertiary/aromatic N) is 1. The van der Waals surface area contributed by atoms with Crippen LogP contribution in [0, 0.1) is 11.3 Å². The first-order chi connectivity index (χ1) is 7.84. The molecule has 0 aliphatic heterocycles. The van der Waals surface area contributed by atoms with Crippen LogP contribution in [0.15, 0.2) is 18.2 Å². The number of halogens is 3. The monoisotopic (exact) mass is 243 g/mol. The second kappa shape index (κ2) is 5.06. The van der Waals surface area contributed by atoms with E-state index in [1.54, 1.807) is 6.92 Å². The largest absolute Gasteiger partial charge is 0.417 e. The Morgan fingerprint density at radius 2 is 2.12 bits per heavy atom. The number of nitriles is 1. The summed E-state index contributed by atoms with van der Waals surface area (Å²) in [6.07, 6.45) is -4.53. The minimum Gasteiger partial charge on any atom is -0.383 e.